The van der Waals surface area contributed by atoms with Gasteiger partial charge in [0.25, 0.3) is 0 Å². The van der Waals surface area contributed by atoms with Gasteiger partial charge in [0.1, 0.15) is 0 Å². The highest BCUT2D eigenvalue weighted by Gasteiger charge is 2.04. The van der Waals surface area contributed by atoms with Crippen molar-refractivity contribution in [2.24, 2.45) is 0 Å². The highest BCUT2D eigenvalue weighted by molar-refractivity contribution is 5.66. The first-order valence-corrected chi connectivity index (χ1v) is 10.1. The zero-order valence-electron chi connectivity index (χ0n) is 15.4. The summed E-state index contributed by atoms with van der Waals surface area (Å²) in [6.07, 6.45) is 19.1. The molecule has 23 heavy (non-hydrogen) atoms. The first-order chi connectivity index (χ1) is 11.2. The van der Waals surface area contributed by atoms with Crippen LogP contribution in [0.25, 0.3) is 0 Å². The zero-order valence-corrected chi connectivity index (χ0v) is 15.4. The minimum absolute atomic E-state index is 0.109. The SMILES string of the molecule is CCCCCCCCCCC(O)CCCCCCCCC(=O)O. The molecule has 0 radical (unpaired) electrons. The number of hydrogen-bond donors (Lipinski definition) is 2. The minimum atomic E-state index is -0.686. The van der Waals surface area contributed by atoms with E-state index in [1.54, 1.807) is 0 Å². The maximum atomic E-state index is 10.4. The van der Waals surface area contributed by atoms with Crippen molar-refractivity contribution in [1.29, 1.82) is 0 Å². The van der Waals surface area contributed by atoms with E-state index in [2.05, 4.69) is 6.92 Å². The van der Waals surface area contributed by atoms with Crippen molar-refractivity contribution in [3.63, 3.8) is 0 Å². The van der Waals surface area contributed by atoms with Crippen LogP contribution in [0.3, 0.4) is 0 Å². The summed E-state index contributed by atoms with van der Waals surface area (Å²) in [5, 5.41) is 18.5. The molecule has 0 aromatic rings. The first-order valence-electron chi connectivity index (χ1n) is 10.1. The lowest BCUT2D eigenvalue weighted by Crippen LogP contribution is -2.05. The van der Waals surface area contributed by atoms with Crippen molar-refractivity contribution < 1.29 is 15.0 Å². The Balaban J connectivity index is 3.16. The average Bonchev–Trinajstić information content (AvgIpc) is 2.52. The summed E-state index contributed by atoms with van der Waals surface area (Å²) < 4.78 is 0. The molecule has 0 aliphatic rings. The minimum Gasteiger partial charge on any atom is -0.481 e. The predicted molar refractivity (Wildman–Crippen MR) is 97.8 cm³/mol. The van der Waals surface area contributed by atoms with E-state index < -0.39 is 5.97 Å². The van der Waals surface area contributed by atoms with Gasteiger partial charge in [0.05, 0.1) is 6.10 Å². The Morgan fingerprint density at radius 3 is 1.52 bits per heavy atom. The van der Waals surface area contributed by atoms with Crippen molar-refractivity contribution in [2.75, 3.05) is 0 Å². The molecular formula is C20H40O3. The van der Waals surface area contributed by atoms with Gasteiger partial charge in [0.15, 0.2) is 0 Å². The number of aliphatic hydroxyl groups excluding tert-OH is 1. The second-order valence-corrected chi connectivity index (χ2v) is 6.97. The average molecular weight is 329 g/mol. The monoisotopic (exact) mass is 328 g/mol. The van der Waals surface area contributed by atoms with E-state index in [4.69, 9.17) is 5.11 Å². The second kappa shape index (κ2) is 17.8. The molecule has 0 saturated carbocycles. The molecule has 2 N–H and O–H groups in total. The topological polar surface area (TPSA) is 57.5 Å². The summed E-state index contributed by atoms with van der Waals surface area (Å²) in [4.78, 5) is 10.4. The first kappa shape index (κ1) is 22.4. The van der Waals surface area contributed by atoms with E-state index in [9.17, 15) is 9.90 Å². The Hall–Kier alpha value is -0.570. The maximum Gasteiger partial charge on any atom is 0.303 e. The number of hydrogen-bond acceptors (Lipinski definition) is 2. The molecule has 0 aliphatic carbocycles. The lowest BCUT2D eigenvalue weighted by atomic mass is 10.0. The van der Waals surface area contributed by atoms with Gasteiger partial charge in [-0.25, -0.2) is 0 Å². The smallest absolute Gasteiger partial charge is 0.303 e. The van der Waals surface area contributed by atoms with Crippen molar-refractivity contribution in [3.8, 4) is 0 Å². The summed E-state index contributed by atoms with van der Waals surface area (Å²) in [6, 6.07) is 0. The quantitative estimate of drug-likeness (QED) is 0.300. The molecule has 0 aliphatic heterocycles. The van der Waals surface area contributed by atoms with Gasteiger partial charge in [-0.05, 0) is 19.3 Å². The summed E-state index contributed by atoms with van der Waals surface area (Å²) in [5.74, 6) is -0.686. The fourth-order valence-electron chi connectivity index (χ4n) is 3.02. The van der Waals surface area contributed by atoms with Gasteiger partial charge in [-0.1, -0.05) is 90.4 Å². The van der Waals surface area contributed by atoms with E-state index in [0.29, 0.717) is 6.42 Å². The second-order valence-electron chi connectivity index (χ2n) is 6.97. The number of aliphatic carboxylic acids is 1. The summed E-state index contributed by atoms with van der Waals surface area (Å²) in [6.45, 7) is 2.25. The van der Waals surface area contributed by atoms with Crippen LogP contribution in [-0.2, 0) is 4.79 Å². The summed E-state index contributed by atoms with van der Waals surface area (Å²) >= 11 is 0. The van der Waals surface area contributed by atoms with Crippen LogP contribution in [-0.4, -0.2) is 22.3 Å². The van der Waals surface area contributed by atoms with Crippen molar-refractivity contribution in [3.05, 3.63) is 0 Å². The Labute approximate surface area is 143 Å². The third kappa shape index (κ3) is 19.4. The Morgan fingerprint density at radius 2 is 1.09 bits per heavy atom. The fourth-order valence-corrected chi connectivity index (χ4v) is 3.02. The molecule has 0 saturated heterocycles. The highest BCUT2D eigenvalue weighted by atomic mass is 16.4. The number of unbranched alkanes of at least 4 members (excludes halogenated alkanes) is 12. The lowest BCUT2D eigenvalue weighted by molar-refractivity contribution is -0.137. The zero-order chi connectivity index (χ0) is 17.2. The molecular weight excluding hydrogens is 288 g/mol. The van der Waals surface area contributed by atoms with Crippen molar-refractivity contribution in [1.82, 2.24) is 0 Å². The van der Waals surface area contributed by atoms with E-state index in [-0.39, 0.29) is 6.10 Å². The van der Waals surface area contributed by atoms with E-state index in [1.165, 1.54) is 64.2 Å². The number of carbonyl (C=O) groups is 1. The van der Waals surface area contributed by atoms with Gasteiger partial charge >= 0.3 is 5.97 Å². The van der Waals surface area contributed by atoms with Gasteiger partial charge in [-0.15, -0.1) is 0 Å². The normalized spacial score (nSPS) is 12.4. The molecule has 138 valence electrons. The van der Waals surface area contributed by atoms with E-state index in [1.807, 2.05) is 0 Å². The molecule has 0 fully saturated rings. The molecule has 0 amide bonds. The number of carboxylic acids is 1. The summed E-state index contributed by atoms with van der Waals surface area (Å²) in [7, 11) is 0. The molecule has 0 heterocycles. The Morgan fingerprint density at radius 1 is 0.696 bits per heavy atom. The van der Waals surface area contributed by atoms with Crippen LogP contribution in [0.15, 0.2) is 0 Å². The number of aliphatic hydroxyl groups is 1. The van der Waals surface area contributed by atoms with Crippen LogP contribution in [0.5, 0.6) is 0 Å². The number of rotatable bonds is 18. The van der Waals surface area contributed by atoms with Gasteiger partial charge in [0.2, 0.25) is 0 Å². The van der Waals surface area contributed by atoms with Gasteiger partial charge in [0, 0.05) is 6.42 Å². The van der Waals surface area contributed by atoms with Crippen LogP contribution >= 0.6 is 0 Å². The van der Waals surface area contributed by atoms with E-state index in [0.717, 1.165) is 38.5 Å². The van der Waals surface area contributed by atoms with E-state index >= 15 is 0 Å². The Kier molecular flexibility index (Phi) is 17.3. The maximum absolute atomic E-state index is 10.4. The highest BCUT2D eigenvalue weighted by Crippen LogP contribution is 2.14. The molecule has 0 aromatic carbocycles. The van der Waals surface area contributed by atoms with Gasteiger partial charge in [-0.2, -0.15) is 0 Å². The summed E-state index contributed by atoms with van der Waals surface area (Å²) in [5.41, 5.74) is 0. The van der Waals surface area contributed by atoms with Crippen molar-refractivity contribution >= 4 is 5.97 Å². The molecule has 1 unspecified atom stereocenters. The largest absolute Gasteiger partial charge is 0.481 e. The molecule has 0 bridgehead atoms. The predicted octanol–water partition coefficient (Wildman–Crippen LogP) is 6.08. The van der Waals surface area contributed by atoms with Crippen LogP contribution in [0.1, 0.15) is 116 Å². The number of carboxylic acid groups (broad SMARTS) is 1. The molecule has 0 aromatic heterocycles. The van der Waals surface area contributed by atoms with Crippen LogP contribution in [0, 0.1) is 0 Å². The van der Waals surface area contributed by atoms with Crippen LogP contribution < -0.4 is 0 Å². The Bertz CT molecular complexity index is 253. The fraction of sp³-hybridized carbons (Fsp3) is 0.950. The standard InChI is InChI=1S/C20H40O3/c1-2-3-4-5-6-7-10-13-16-19(21)17-14-11-8-9-12-15-18-20(22)23/h19,21H,2-18H2,1H3,(H,22,23). The molecule has 3 heteroatoms. The molecule has 0 spiro atoms. The lowest BCUT2D eigenvalue weighted by Gasteiger charge is -2.10. The third-order valence-corrected chi connectivity index (χ3v) is 4.57. The van der Waals surface area contributed by atoms with Crippen molar-refractivity contribution in [2.45, 2.75) is 122 Å². The van der Waals surface area contributed by atoms with Crippen LogP contribution in [0.4, 0.5) is 0 Å². The molecule has 1 atom stereocenters. The molecule has 0 rings (SSSR count). The van der Waals surface area contributed by atoms with Crippen LogP contribution in [0.2, 0.25) is 0 Å². The third-order valence-electron chi connectivity index (χ3n) is 4.57. The molecule has 3 nitrogen and oxygen atoms in total. The van der Waals surface area contributed by atoms with Gasteiger partial charge < -0.3 is 10.2 Å². The van der Waals surface area contributed by atoms with Gasteiger partial charge in [-0.3, -0.25) is 4.79 Å².